The van der Waals surface area contributed by atoms with Crippen molar-refractivity contribution in [3.8, 4) is 0 Å². The standard InChI is InChI=1S/C17H16ClFN6O2/c18-13-7-11(4-5-14(13)19)23-17(22-10-26)16-15(24-27-25-16)9-20-8-12-3-1-2-6-21-12/h1-7,20,26H,8-10H2,(H,22,23). The zero-order valence-electron chi connectivity index (χ0n) is 14.1. The van der Waals surface area contributed by atoms with Gasteiger partial charge >= 0.3 is 0 Å². The molecule has 1 aromatic carbocycles. The summed E-state index contributed by atoms with van der Waals surface area (Å²) in [6.07, 6.45) is 1.71. The summed E-state index contributed by atoms with van der Waals surface area (Å²) in [4.78, 5) is 8.18. The second-order valence-corrected chi connectivity index (χ2v) is 5.79. The fourth-order valence-corrected chi connectivity index (χ4v) is 2.45. The number of aromatic nitrogens is 3. The Morgan fingerprint density at radius 2 is 2.11 bits per heavy atom. The first-order valence-corrected chi connectivity index (χ1v) is 8.35. The molecule has 0 amide bonds. The molecule has 0 aliphatic carbocycles. The van der Waals surface area contributed by atoms with Crippen LogP contribution in [0.25, 0.3) is 0 Å². The molecular formula is C17H16ClFN6O2. The normalized spacial score (nSPS) is 11.6. The zero-order chi connectivity index (χ0) is 19.1. The first-order chi connectivity index (χ1) is 13.2. The predicted molar refractivity (Wildman–Crippen MR) is 97.7 cm³/mol. The van der Waals surface area contributed by atoms with Gasteiger partial charge in [-0.15, -0.1) is 0 Å². The average Bonchev–Trinajstić information content (AvgIpc) is 3.14. The molecule has 10 heteroatoms. The molecule has 2 heterocycles. The van der Waals surface area contributed by atoms with Gasteiger partial charge in [-0.1, -0.05) is 22.8 Å². The number of pyridine rings is 1. The predicted octanol–water partition coefficient (Wildman–Crippen LogP) is 2.36. The van der Waals surface area contributed by atoms with Crippen molar-refractivity contribution in [3.63, 3.8) is 0 Å². The topological polar surface area (TPSA) is 108 Å². The van der Waals surface area contributed by atoms with E-state index in [1.54, 1.807) is 6.20 Å². The number of amidine groups is 1. The van der Waals surface area contributed by atoms with Crippen molar-refractivity contribution in [2.75, 3.05) is 12.0 Å². The summed E-state index contributed by atoms with van der Waals surface area (Å²) >= 11 is 5.79. The van der Waals surface area contributed by atoms with Gasteiger partial charge in [0.15, 0.2) is 11.5 Å². The third-order valence-corrected chi connectivity index (χ3v) is 3.81. The van der Waals surface area contributed by atoms with E-state index in [1.165, 1.54) is 18.2 Å². The molecule has 0 aliphatic heterocycles. The van der Waals surface area contributed by atoms with E-state index in [-0.39, 0.29) is 10.9 Å². The minimum Gasteiger partial charge on any atom is -0.374 e. The molecule has 140 valence electrons. The van der Waals surface area contributed by atoms with Crippen molar-refractivity contribution in [1.82, 2.24) is 20.6 Å². The van der Waals surface area contributed by atoms with Crippen molar-refractivity contribution in [3.05, 3.63) is 70.5 Å². The van der Waals surface area contributed by atoms with E-state index in [1.807, 2.05) is 18.2 Å². The highest BCUT2D eigenvalue weighted by molar-refractivity contribution is 6.31. The Morgan fingerprint density at radius 3 is 2.85 bits per heavy atom. The Bertz CT molecular complexity index is 919. The summed E-state index contributed by atoms with van der Waals surface area (Å²) in [6, 6.07) is 9.74. The molecule has 0 aliphatic rings. The van der Waals surface area contributed by atoms with Crippen LogP contribution < -0.4 is 10.6 Å². The molecule has 3 N–H and O–H groups in total. The van der Waals surface area contributed by atoms with Crippen molar-refractivity contribution in [2.24, 2.45) is 4.99 Å². The lowest BCUT2D eigenvalue weighted by atomic mass is 10.2. The van der Waals surface area contributed by atoms with Crippen LogP contribution >= 0.6 is 11.6 Å². The molecule has 0 saturated carbocycles. The summed E-state index contributed by atoms with van der Waals surface area (Å²) in [7, 11) is 0. The van der Waals surface area contributed by atoms with E-state index in [4.69, 9.17) is 16.2 Å². The van der Waals surface area contributed by atoms with E-state index in [2.05, 4.69) is 30.9 Å². The summed E-state index contributed by atoms with van der Waals surface area (Å²) < 4.78 is 18.1. The van der Waals surface area contributed by atoms with E-state index >= 15 is 0 Å². The van der Waals surface area contributed by atoms with Gasteiger partial charge in [0.1, 0.15) is 18.2 Å². The lowest BCUT2D eigenvalue weighted by Gasteiger charge is -2.09. The number of aliphatic hydroxyl groups excluding tert-OH is 1. The lowest BCUT2D eigenvalue weighted by molar-refractivity contribution is 0.301. The Labute approximate surface area is 159 Å². The number of nitrogens with zero attached hydrogens (tertiary/aromatic N) is 4. The number of nitrogens with one attached hydrogen (secondary N) is 2. The Kier molecular flexibility index (Phi) is 6.42. The Balaban J connectivity index is 1.71. The maximum Gasteiger partial charge on any atom is 0.174 e. The van der Waals surface area contributed by atoms with Crippen LogP contribution in [0.4, 0.5) is 10.1 Å². The van der Waals surface area contributed by atoms with Crippen LogP contribution in [0.3, 0.4) is 0 Å². The number of benzene rings is 1. The first-order valence-electron chi connectivity index (χ1n) is 7.97. The minimum absolute atomic E-state index is 0.0427. The van der Waals surface area contributed by atoms with Gasteiger partial charge in [0.2, 0.25) is 0 Å². The number of halogens is 2. The molecule has 0 fully saturated rings. The quantitative estimate of drug-likeness (QED) is 0.419. The van der Waals surface area contributed by atoms with Crippen LogP contribution in [0, 0.1) is 5.82 Å². The van der Waals surface area contributed by atoms with Gasteiger partial charge in [-0.25, -0.2) is 14.0 Å². The van der Waals surface area contributed by atoms with Crippen LogP contribution in [0.5, 0.6) is 0 Å². The number of hydrogen-bond donors (Lipinski definition) is 3. The first kappa shape index (κ1) is 18.9. The van der Waals surface area contributed by atoms with Gasteiger partial charge in [-0.3, -0.25) is 4.98 Å². The van der Waals surface area contributed by atoms with Gasteiger partial charge in [0.25, 0.3) is 0 Å². The largest absolute Gasteiger partial charge is 0.374 e. The summed E-state index contributed by atoms with van der Waals surface area (Å²) in [6.45, 7) is 0.386. The average molecular weight is 391 g/mol. The minimum atomic E-state index is -0.537. The van der Waals surface area contributed by atoms with E-state index in [0.717, 1.165) is 5.69 Å². The molecule has 0 bridgehead atoms. The monoisotopic (exact) mass is 390 g/mol. The summed E-state index contributed by atoms with van der Waals surface area (Å²) in [5, 5.41) is 23.0. The maximum absolute atomic E-state index is 13.3. The zero-order valence-corrected chi connectivity index (χ0v) is 14.8. The Morgan fingerprint density at radius 1 is 1.22 bits per heavy atom. The summed E-state index contributed by atoms with van der Waals surface area (Å²) in [5.74, 6) is -0.318. The van der Waals surface area contributed by atoms with Crippen molar-refractivity contribution >= 4 is 23.1 Å². The molecule has 8 nitrogen and oxygen atoms in total. The van der Waals surface area contributed by atoms with E-state index in [9.17, 15) is 9.50 Å². The number of rotatable bonds is 7. The maximum atomic E-state index is 13.3. The van der Waals surface area contributed by atoms with Crippen LogP contribution in [0.15, 0.2) is 52.2 Å². The van der Waals surface area contributed by atoms with Crippen molar-refractivity contribution < 1.29 is 14.1 Å². The third kappa shape index (κ3) is 5.07. The third-order valence-electron chi connectivity index (χ3n) is 3.52. The smallest absolute Gasteiger partial charge is 0.174 e. The molecule has 0 unspecified atom stereocenters. The van der Waals surface area contributed by atoms with Gasteiger partial charge < -0.3 is 15.7 Å². The number of aliphatic hydroxyl groups is 1. The van der Waals surface area contributed by atoms with E-state index < -0.39 is 12.5 Å². The molecule has 3 aromatic rings. The van der Waals surface area contributed by atoms with E-state index in [0.29, 0.717) is 30.2 Å². The van der Waals surface area contributed by atoms with Gasteiger partial charge in [0.05, 0.1) is 10.7 Å². The highest BCUT2D eigenvalue weighted by Crippen LogP contribution is 2.20. The SMILES string of the molecule is OCN=C(Nc1ccc(F)c(Cl)c1)c1nonc1CNCc1ccccn1. The molecule has 0 spiro atoms. The summed E-state index contributed by atoms with van der Waals surface area (Å²) in [5.41, 5.74) is 2.15. The van der Waals surface area contributed by atoms with Gasteiger partial charge in [-0.2, -0.15) is 0 Å². The number of aliphatic imine (C=N–C) groups is 1. The molecule has 2 aromatic heterocycles. The number of hydrogen-bond acceptors (Lipinski definition) is 7. The lowest BCUT2D eigenvalue weighted by Crippen LogP contribution is -2.20. The molecule has 27 heavy (non-hydrogen) atoms. The Hall–Kier alpha value is -2.88. The van der Waals surface area contributed by atoms with Crippen molar-refractivity contribution in [2.45, 2.75) is 13.1 Å². The highest BCUT2D eigenvalue weighted by atomic mass is 35.5. The second-order valence-electron chi connectivity index (χ2n) is 5.39. The van der Waals surface area contributed by atoms with Crippen LogP contribution in [0.1, 0.15) is 17.1 Å². The molecule has 3 rings (SSSR count). The molecule has 0 radical (unpaired) electrons. The van der Waals surface area contributed by atoms with Crippen LogP contribution in [0.2, 0.25) is 5.02 Å². The van der Waals surface area contributed by atoms with Gasteiger partial charge in [-0.05, 0) is 35.5 Å². The highest BCUT2D eigenvalue weighted by Gasteiger charge is 2.17. The molecule has 0 saturated heterocycles. The van der Waals surface area contributed by atoms with Crippen LogP contribution in [-0.2, 0) is 13.1 Å². The fourth-order valence-electron chi connectivity index (χ4n) is 2.27. The fraction of sp³-hybridized carbons (Fsp3) is 0.176. The van der Waals surface area contributed by atoms with Crippen molar-refractivity contribution in [1.29, 1.82) is 0 Å². The number of anilines is 1. The second kappa shape index (κ2) is 9.17. The van der Waals surface area contributed by atoms with Crippen LogP contribution in [-0.4, -0.2) is 33.0 Å². The van der Waals surface area contributed by atoms with Gasteiger partial charge in [0, 0.05) is 25.0 Å². The molecular weight excluding hydrogens is 375 g/mol. The molecule has 0 atom stereocenters.